The molecule has 0 aliphatic heterocycles. The highest BCUT2D eigenvalue weighted by atomic mass is 35.5. The predicted octanol–water partition coefficient (Wildman–Crippen LogP) is 4.17. The number of fused-ring (bicyclic) bond motifs is 1. The Hall–Kier alpha value is -2.66. The third-order valence-electron chi connectivity index (χ3n) is 3.20. The lowest BCUT2D eigenvalue weighted by atomic mass is 10.0. The van der Waals surface area contributed by atoms with Gasteiger partial charge in [-0.3, -0.25) is 15.1 Å². The summed E-state index contributed by atoms with van der Waals surface area (Å²) in [7, 11) is 0. The third-order valence-corrected chi connectivity index (χ3v) is 3.50. The van der Waals surface area contributed by atoms with Crippen LogP contribution in [0.15, 0.2) is 48.7 Å². The summed E-state index contributed by atoms with van der Waals surface area (Å²) in [4.78, 5) is 14.3. The molecule has 2 aromatic carbocycles. The van der Waals surface area contributed by atoms with E-state index in [1.165, 1.54) is 6.20 Å². The lowest BCUT2D eigenvalue weighted by Gasteiger charge is -2.09. The van der Waals surface area contributed by atoms with Gasteiger partial charge in [-0.15, -0.1) is 0 Å². The van der Waals surface area contributed by atoms with Crippen molar-refractivity contribution in [1.82, 2.24) is 4.98 Å². The van der Waals surface area contributed by atoms with Crippen molar-refractivity contribution in [2.45, 2.75) is 0 Å². The van der Waals surface area contributed by atoms with E-state index < -0.39 is 16.4 Å². The van der Waals surface area contributed by atoms with E-state index in [1.807, 2.05) is 30.3 Å². The van der Waals surface area contributed by atoms with Gasteiger partial charge < -0.3 is 5.11 Å². The molecule has 0 radical (unpaired) electrons. The Kier molecular flexibility index (Phi) is 3.19. The molecule has 6 heteroatoms. The van der Waals surface area contributed by atoms with E-state index in [1.54, 1.807) is 6.07 Å². The molecule has 21 heavy (non-hydrogen) atoms. The zero-order valence-electron chi connectivity index (χ0n) is 10.7. The quantitative estimate of drug-likeness (QED) is 0.569. The number of nitro benzene ring substituents is 1. The molecule has 0 spiro atoms. The van der Waals surface area contributed by atoms with Gasteiger partial charge in [-0.05, 0) is 17.2 Å². The summed E-state index contributed by atoms with van der Waals surface area (Å²) in [6.07, 6.45) is 1.49. The molecule has 0 amide bonds. The van der Waals surface area contributed by atoms with Crippen LogP contribution in [-0.4, -0.2) is 15.0 Å². The maximum Gasteiger partial charge on any atom is 0.314 e. The number of hydrogen-bond acceptors (Lipinski definition) is 4. The Bertz CT molecular complexity index is 850. The zero-order valence-corrected chi connectivity index (χ0v) is 11.4. The van der Waals surface area contributed by atoms with Crippen molar-refractivity contribution >= 4 is 28.2 Å². The Morgan fingerprint density at radius 3 is 2.57 bits per heavy atom. The monoisotopic (exact) mass is 300 g/mol. The van der Waals surface area contributed by atoms with Crippen LogP contribution in [0.4, 0.5) is 5.69 Å². The number of pyridine rings is 1. The smallest absolute Gasteiger partial charge is 0.314 e. The van der Waals surface area contributed by atoms with E-state index in [9.17, 15) is 15.2 Å². The second-order valence-corrected chi connectivity index (χ2v) is 4.84. The number of nitrogens with zero attached hydrogens (tertiary/aromatic N) is 2. The summed E-state index contributed by atoms with van der Waals surface area (Å²) >= 11 is 6.18. The second-order valence-electron chi connectivity index (χ2n) is 4.43. The van der Waals surface area contributed by atoms with E-state index >= 15 is 0 Å². The summed E-state index contributed by atoms with van der Waals surface area (Å²) in [5.41, 5.74) is 1.32. The summed E-state index contributed by atoms with van der Waals surface area (Å²) in [5.74, 6) is -0.475. The van der Waals surface area contributed by atoms with Crippen molar-refractivity contribution in [3.8, 4) is 16.9 Å². The first-order chi connectivity index (χ1) is 10.1. The van der Waals surface area contributed by atoms with Crippen molar-refractivity contribution in [2.24, 2.45) is 0 Å². The maximum atomic E-state index is 10.9. The minimum absolute atomic E-state index is 0.121. The molecule has 1 aromatic heterocycles. The van der Waals surface area contributed by atoms with Gasteiger partial charge in [0.2, 0.25) is 5.75 Å². The van der Waals surface area contributed by atoms with Crippen molar-refractivity contribution < 1.29 is 10.0 Å². The highest BCUT2D eigenvalue weighted by Gasteiger charge is 2.22. The van der Waals surface area contributed by atoms with Gasteiger partial charge in [-0.2, -0.15) is 0 Å². The SMILES string of the molecule is O=[N+]([O-])c1cc(Cl)c2c(-c3ccccc3)ccnc2c1O. The largest absolute Gasteiger partial charge is 0.501 e. The van der Waals surface area contributed by atoms with Crippen LogP contribution in [0.25, 0.3) is 22.0 Å². The molecule has 0 unspecified atom stereocenters. The van der Waals surface area contributed by atoms with Crippen LogP contribution in [0.2, 0.25) is 5.02 Å². The van der Waals surface area contributed by atoms with E-state index in [0.29, 0.717) is 5.39 Å². The fourth-order valence-corrected chi connectivity index (χ4v) is 2.56. The Morgan fingerprint density at radius 1 is 1.19 bits per heavy atom. The Labute approximate surface area is 124 Å². The number of halogens is 1. The Morgan fingerprint density at radius 2 is 1.90 bits per heavy atom. The van der Waals surface area contributed by atoms with E-state index in [4.69, 9.17) is 11.6 Å². The number of phenolic OH excluding ortho intramolecular Hbond substituents is 1. The zero-order chi connectivity index (χ0) is 15.0. The van der Waals surface area contributed by atoms with Crippen molar-refractivity contribution in [2.75, 3.05) is 0 Å². The first kappa shape index (κ1) is 13.3. The molecule has 0 saturated carbocycles. The number of aromatic hydroxyl groups is 1. The van der Waals surface area contributed by atoms with Crippen molar-refractivity contribution in [3.63, 3.8) is 0 Å². The van der Waals surface area contributed by atoms with Crippen LogP contribution in [0, 0.1) is 10.1 Å². The molecule has 1 N–H and O–H groups in total. The first-order valence-electron chi connectivity index (χ1n) is 6.09. The van der Waals surface area contributed by atoms with Crippen LogP contribution < -0.4 is 0 Å². The van der Waals surface area contributed by atoms with Gasteiger partial charge in [0.05, 0.1) is 9.95 Å². The lowest BCUT2D eigenvalue weighted by molar-refractivity contribution is -0.385. The van der Waals surface area contributed by atoms with Gasteiger partial charge in [0.15, 0.2) is 0 Å². The summed E-state index contributed by atoms with van der Waals surface area (Å²) < 4.78 is 0. The van der Waals surface area contributed by atoms with Gasteiger partial charge in [0.1, 0.15) is 5.52 Å². The second kappa shape index (κ2) is 5.03. The van der Waals surface area contributed by atoms with E-state index in [2.05, 4.69) is 4.98 Å². The molecule has 0 saturated heterocycles. The van der Waals surface area contributed by atoms with Crippen LogP contribution in [-0.2, 0) is 0 Å². The number of hydrogen-bond donors (Lipinski definition) is 1. The Balaban J connectivity index is 2.40. The molecule has 0 aliphatic rings. The molecule has 3 aromatic rings. The van der Waals surface area contributed by atoms with Gasteiger partial charge in [-0.25, -0.2) is 0 Å². The van der Waals surface area contributed by atoms with E-state index in [-0.39, 0.29) is 10.5 Å². The fraction of sp³-hybridized carbons (Fsp3) is 0. The van der Waals surface area contributed by atoms with Crippen LogP contribution >= 0.6 is 11.6 Å². The van der Waals surface area contributed by atoms with E-state index in [0.717, 1.165) is 17.2 Å². The molecule has 5 nitrogen and oxygen atoms in total. The molecule has 1 heterocycles. The molecular weight excluding hydrogens is 292 g/mol. The number of rotatable bonds is 2. The predicted molar refractivity (Wildman–Crippen MR) is 80.5 cm³/mol. The number of nitro groups is 1. The minimum Gasteiger partial charge on any atom is -0.501 e. The summed E-state index contributed by atoms with van der Waals surface area (Å²) in [6.45, 7) is 0. The number of phenols is 1. The highest BCUT2D eigenvalue weighted by molar-refractivity contribution is 6.37. The van der Waals surface area contributed by atoms with Crippen molar-refractivity contribution in [3.05, 3.63) is 63.8 Å². The topological polar surface area (TPSA) is 76.3 Å². The molecule has 0 fully saturated rings. The summed E-state index contributed by atoms with van der Waals surface area (Å²) in [5, 5.41) is 21.7. The average Bonchev–Trinajstić information content (AvgIpc) is 2.51. The molecule has 0 bridgehead atoms. The number of benzene rings is 2. The minimum atomic E-state index is -0.683. The maximum absolute atomic E-state index is 10.9. The normalized spacial score (nSPS) is 10.7. The molecule has 0 atom stereocenters. The van der Waals surface area contributed by atoms with Crippen LogP contribution in [0.5, 0.6) is 5.75 Å². The van der Waals surface area contributed by atoms with Crippen LogP contribution in [0.3, 0.4) is 0 Å². The molecular formula is C15H9ClN2O3. The first-order valence-corrected chi connectivity index (χ1v) is 6.47. The average molecular weight is 301 g/mol. The molecule has 104 valence electrons. The number of aromatic nitrogens is 1. The van der Waals surface area contributed by atoms with Crippen molar-refractivity contribution in [1.29, 1.82) is 0 Å². The van der Waals surface area contributed by atoms with Gasteiger partial charge >= 0.3 is 5.69 Å². The van der Waals surface area contributed by atoms with Gasteiger partial charge in [0.25, 0.3) is 0 Å². The molecule has 3 rings (SSSR count). The van der Waals surface area contributed by atoms with Crippen LogP contribution in [0.1, 0.15) is 0 Å². The van der Waals surface area contributed by atoms with Gasteiger partial charge in [-0.1, -0.05) is 41.9 Å². The summed E-state index contributed by atoms with van der Waals surface area (Å²) in [6, 6.07) is 12.3. The molecule has 0 aliphatic carbocycles. The lowest BCUT2D eigenvalue weighted by Crippen LogP contribution is -1.93. The standard InChI is InChI=1S/C15H9ClN2O3/c16-11-8-12(18(20)21)15(19)14-13(11)10(6-7-17-14)9-4-2-1-3-5-9/h1-8,19H. The van der Waals surface area contributed by atoms with Gasteiger partial charge in [0, 0.05) is 17.6 Å². The highest BCUT2D eigenvalue weighted by Crippen LogP contribution is 2.41. The third kappa shape index (κ3) is 2.17. The fourth-order valence-electron chi connectivity index (χ4n) is 2.26.